The number of ether oxygens (including phenoxy) is 1. The van der Waals surface area contributed by atoms with E-state index in [1.165, 1.54) is 5.56 Å². The lowest BCUT2D eigenvalue weighted by molar-refractivity contribution is 0.122. The maximum atomic E-state index is 5.58. The van der Waals surface area contributed by atoms with Crippen molar-refractivity contribution in [3.8, 4) is 11.4 Å². The van der Waals surface area contributed by atoms with Gasteiger partial charge < -0.3 is 9.64 Å². The Balaban J connectivity index is 1.41. The van der Waals surface area contributed by atoms with E-state index in [-0.39, 0.29) is 0 Å². The van der Waals surface area contributed by atoms with Crippen molar-refractivity contribution in [3.63, 3.8) is 0 Å². The fraction of sp³-hybridized carbons (Fsp3) is 0.222. The van der Waals surface area contributed by atoms with E-state index in [4.69, 9.17) is 19.8 Å². The molecule has 0 spiro atoms. The lowest BCUT2D eigenvalue weighted by Gasteiger charge is -2.28. The van der Waals surface area contributed by atoms with Gasteiger partial charge in [-0.1, -0.05) is 48.0 Å². The Labute approximate surface area is 203 Å². The van der Waals surface area contributed by atoms with E-state index >= 15 is 0 Å². The molecule has 8 nitrogen and oxygen atoms in total. The second-order valence-corrected chi connectivity index (χ2v) is 8.61. The van der Waals surface area contributed by atoms with Crippen LogP contribution in [0.2, 0.25) is 0 Å². The molecule has 0 bridgehead atoms. The monoisotopic (exact) mass is 463 g/mol. The summed E-state index contributed by atoms with van der Waals surface area (Å²) in [6.45, 7) is 5.48. The number of nitrogens with zero attached hydrogens (tertiary/aromatic N) is 7. The van der Waals surface area contributed by atoms with Gasteiger partial charge in [-0.25, -0.2) is 4.98 Å². The smallest absolute Gasteiger partial charge is 0.254 e. The molecule has 4 heterocycles. The van der Waals surface area contributed by atoms with E-state index in [0.29, 0.717) is 31.4 Å². The minimum absolute atomic E-state index is 0.460. The predicted octanol–water partition coefficient (Wildman–Crippen LogP) is 4.10. The molecule has 0 saturated carbocycles. The highest BCUT2D eigenvalue weighted by Crippen LogP contribution is 2.27. The van der Waals surface area contributed by atoms with E-state index in [9.17, 15) is 0 Å². The maximum Gasteiger partial charge on any atom is 0.254 e. The summed E-state index contributed by atoms with van der Waals surface area (Å²) in [5.41, 5.74) is 4.99. The maximum absolute atomic E-state index is 5.58. The van der Waals surface area contributed by atoms with Gasteiger partial charge in [-0.2, -0.15) is 9.50 Å². The molecule has 0 radical (unpaired) electrons. The van der Waals surface area contributed by atoms with Crippen molar-refractivity contribution in [3.05, 3.63) is 83.7 Å². The van der Waals surface area contributed by atoms with Gasteiger partial charge in [0.05, 0.1) is 31.0 Å². The SMILES string of the molecule is Cc1cccc(C=NCc2cc(N3CCOCC3)n3nc(-c4ccnc5ccccc45)nc3n2)c1. The summed E-state index contributed by atoms with van der Waals surface area (Å²) >= 11 is 0. The van der Waals surface area contributed by atoms with Gasteiger partial charge in [0.2, 0.25) is 0 Å². The zero-order valence-corrected chi connectivity index (χ0v) is 19.5. The molecule has 0 amide bonds. The Morgan fingerprint density at radius 2 is 1.89 bits per heavy atom. The third-order valence-electron chi connectivity index (χ3n) is 6.11. The summed E-state index contributed by atoms with van der Waals surface area (Å²) in [5, 5.41) is 5.90. The number of pyridine rings is 1. The quantitative estimate of drug-likeness (QED) is 0.365. The summed E-state index contributed by atoms with van der Waals surface area (Å²) in [5.74, 6) is 2.15. The van der Waals surface area contributed by atoms with E-state index in [0.717, 1.165) is 46.6 Å². The van der Waals surface area contributed by atoms with Gasteiger partial charge in [-0.15, -0.1) is 5.10 Å². The van der Waals surface area contributed by atoms with Gasteiger partial charge in [-0.05, 0) is 24.6 Å². The van der Waals surface area contributed by atoms with Crippen molar-refractivity contribution in [1.29, 1.82) is 0 Å². The standard InChI is InChI=1S/C27H25N7O/c1-19-5-4-6-20(15-19)17-28-18-21-16-25(33-11-13-35-14-12-33)34-27(30-21)31-26(32-34)23-9-10-29-24-8-3-2-7-22(23)24/h2-10,15-17H,11-14,18H2,1H3. The molecule has 1 aliphatic rings. The van der Waals surface area contributed by atoms with Gasteiger partial charge in [0.15, 0.2) is 5.82 Å². The summed E-state index contributed by atoms with van der Waals surface area (Å²) in [4.78, 5) is 21.0. The van der Waals surface area contributed by atoms with Crippen molar-refractivity contribution in [2.75, 3.05) is 31.2 Å². The largest absolute Gasteiger partial charge is 0.378 e. The first kappa shape index (κ1) is 21.4. The number of benzene rings is 2. The number of fused-ring (bicyclic) bond motifs is 2. The third kappa shape index (κ3) is 4.36. The highest BCUT2D eigenvalue weighted by atomic mass is 16.5. The van der Waals surface area contributed by atoms with Crippen molar-refractivity contribution in [1.82, 2.24) is 24.6 Å². The molecule has 2 aromatic carbocycles. The Morgan fingerprint density at radius 3 is 2.77 bits per heavy atom. The van der Waals surface area contributed by atoms with E-state index in [1.807, 2.05) is 47.1 Å². The van der Waals surface area contributed by atoms with Crippen LogP contribution in [0.5, 0.6) is 0 Å². The summed E-state index contributed by atoms with van der Waals surface area (Å²) in [7, 11) is 0. The highest BCUT2D eigenvalue weighted by molar-refractivity contribution is 5.92. The van der Waals surface area contributed by atoms with Crippen LogP contribution in [0.1, 0.15) is 16.8 Å². The number of hydrogen-bond acceptors (Lipinski definition) is 7. The molecule has 0 aliphatic carbocycles. The average molecular weight is 464 g/mol. The molecule has 174 valence electrons. The molecule has 1 aliphatic heterocycles. The fourth-order valence-electron chi connectivity index (χ4n) is 4.40. The van der Waals surface area contributed by atoms with Crippen LogP contribution in [-0.2, 0) is 11.3 Å². The summed E-state index contributed by atoms with van der Waals surface area (Å²) < 4.78 is 7.41. The Hall–Kier alpha value is -4.17. The molecule has 0 atom stereocenters. The zero-order chi connectivity index (χ0) is 23.6. The van der Waals surface area contributed by atoms with Crippen LogP contribution in [0.4, 0.5) is 5.82 Å². The van der Waals surface area contributed by atoms with Gasteiger partial charge in [0.25, 0.3) is 5.78 Å². The van der Waals surface area contributed by atoms with Crippen molar-refractivity contribution < 1.29 is 4.74 Å². The van der Waals surface area contributed by atoms with Crippen LogP contribution in [0, 0.1) is 6.92 Å². The molecule has 1 fully saturated rings. The zero-order valence-electron chi connectivity index (χ0n) is 19.5. The first-order valence-corrected chi connectivity index (χ1v) is 11.7. The first-order chi connectivity index (χ1) is 17.2. The van der Waals surface area contributed by atoms with Crippen LogP contribution in [0.25, 0.3) is 28.1 Å². The Bertz CT molecular complexity index is 1530. The average Bonchev–Trinajstić information content (AvgIpc) is 3.32. The third-order valence-corrected chi connectivity index (χ3v) is 6.11. The van der Waals surface area contributed by atoms with Gasteiger partial charge >= 0.3 is 0 Å². The van der Waals surface area contributed by atoms with E-state index in [1.54, 1.807) is 6.20 Å². The number of para-hydroxylation sites is 1. The molecule has 35 heavy (non-hydrogen) atoms. The molecule has 0 N–H and O–H groups in total. The predicted molar refractivity (Wildman–Crippen MR) is 137 cm³/mol. The van der Waals surface area contributed by atoms with Crippen molar-refractivity contribution in [2.24, 2.45) is 4.99 Å². The fourth-order valence-corrected chi connectivity index (χ4v) is 4.40. The lowest BCUT2D eigenvalue weighted by Crippen LogP contribution is -2.37. The molecule has 3 aromatic heterocycles. The van der Waals surface area contributed by atoms with Gasteiger partial charge in [0, 0.05) is 42.5 Å². The van der Waals surface area contributed by atoms with Crippen molar-refractivity contribution >= 4 is 28.7 Å². The summed E-state index contributed by atoms with van der Waals surface area (Å²) in [6.07, 6.45) is 3.69. The van der Waals surface area contributed by atoms with Crippen molar-refractivity contribution in [2.45, 2.75) is 13.5 Å². The van der Waals surface area contributed by atoms with Crippen LogP contribution in [-0.4, -0.2) is 57.1 Å². The van der Waals surface area contributed by atoms with E-state index in [2.05, 4.69) is 46.1 Å². The van der Waals surface area contributed by atoms with Crippen LogP contribution in [0.3, 0.4) is 0 Å². The normalized spacial score (nSPS) is 14.4. The highest BCUT2D eigenvalue weighted by Gasteiger charge is 2.20. The van der Waals surface area contributed by atoms with Gasteiger partial charge in [-0.3, -0.25) is 9.98 Å². The molecule has 0 unspecified atom stereocenters. The first-order valence-electron chi connectivity index (χ1n) is 11.7. The van der Waals surface area contributed by atoms with Crippen LogP contribution >= 0.6 is 0 Å². The van der Waals surface area contributed by atoms with Crippen LogP contribution < -0.4 is 4.90 Å². The summed E-state index contributed by atoms with van der Waals surface area (Å²) in [6, 6.07) is 20.3. The van der Waals surface area contributed by atoms with Gasteiger partial charge in [0.1, 0.15) is 5.82 Å². The molecule has 1 saturated heterocycles. The number of morpholine rings is 1. The minimum Gasteiger partial charge on any atom is -0.378 e. The molecule has 6 rings (SSSR count). The number of rotatable bonds is 5. The number of aromatic nitrogens is 5. The molecule has 8 heteroatoms. The van der Waals surface area contributed by atoms with E-state index < -0.39 is 0 Å². The molecular formula is C27H25N7O. The number of hydrogen-bond donors (Lipinski definition) is 0. The second kappa shape index (κ2) is 9.23. The minimum atomic E-state index is 0.460. The number of aliphatic imine (C=N–C) groups is 1. The molecule has 5 aromatic rings. The number of aryl methyl sites for hydroxylation is 1. The number of anilines is 1. The van der Waals surface area contributed by atoms with Crippen LogP contribution in [0.15, 0.2) is 71.9 Å². The second-order valence-electron chi connectivity index (χ2n) is 8.61. The Morgan fingerprint density at radius 1 is 1.00 bits per heavy atom. The lowest BCUT2D eigenvalue weighted by atomic mass is 10.1. The Kier molecular flexibility index (Phi) is 5.64. The topological polar surface area (TPSA) is 80.8 Å². The molecular weight excluding hydrogens is 438 g/mol.